The van der Waals surface area contributed by atoms with E-state index >= 15 is 0 Å². The highest BCUT2D eigenvalue weighted by Crippen LogP contribution is 2.31. The number of rotatable bonds is 3. The molecule has 0 saturated heterocycles. The Bertz CT molecular complexity index is 602. The van der Waals surface area contributed by atoms with Gasteiger partial charge in [0, 0.05) is 8.95 Å². The normalized spacial score (nSPS) is 12.5. The predicted molar refractivity (Wildman–Crippen MR) is 82.1 cm³/mol. The van der Waals surface area contributed by atoms with Gasteiger partial charge in [0.15, 0.2) is 0 Å². The summed E-state index contributed by atoms with van der Waals surface area (Å²) in [5, 5.41) is 0. The summed E-state index contributed by atoms with van der Waals surface area (Å²) in [5.41, 5.74) is 5.28. The van der Waals surface area contributed by atoms with Crippen LogP contribution in [0.1, 0.15) is 22.7 Å². The van der Waals surface area contributed by atoms with Gasteiger partial charge in [0.1, 0.15) is 5.82 Å². The highest BCUT2D eigenvalue weighted by atomic mass is 79.9. The summed E-state index contributed by atoms with van der Waals surface area (Å²) in [6.07, 6.45) is 0. The van der Waals surface area contributed by atoms with Crippen LogP contribution < -0.4 is 11.3 Å². The number of benzene rings is 2. The summed E-state index contributed by atoms with van der Waals surface area (Å²) in [6, 6.07) is 10.7. The molecule has 19 heavy (non-hydrogen) atoms. The molecule has 0 radical (unpaired) electrons. The Hall–Kier alpha value is -0.750. The van der Waals surface area contributed by atoms with E-state index in [1.54, 1.807) is 19.1 Å². The SMILES string of the molecule is Cc1cc(C(NN)c2cc(Br)ccc2Br)ccc1F. The van der Waals surface area contributed by atoms with Crippen molar-refractivity contribution in [2.75, 3.05) is 0 Å². The zero-order valence-electron chi connectivity index (χ0n) is 10.3. The first-order valence-electron chi connectivity index (χ1n) is 5.70. The molecule has 0 amide bonds. The van der Waals surface area contributed by atoms with Crippen molar-refractivity contribution < 1.29 is 4.39 Å². The molecule has 2 rings (SSSR count). The zero-order chi connectivity index (χ0) is 14.0. The van der Waals surface area contributed by atoms with Gasteiger partial charge in [-0.2, -0.15) is 0 Å². The lowest BCUT2D eigenvalue weighted by atomic mass is 9.98. The third-order valence-corrected chi connectivity index (χ3v) is 4.17. The van der Waals surface area contributed by atoms with E-state index in [0.717, 1.165) is 20.1 Å². The number of hydrazine groups is 1. The Kier molecular flexibility index (Phi) is 4.73. The lowest BCUT2D eigenvalue weighted by Crippen LogP contribution is -2.29. The van der Waals surface area contributed by atoms with Gasteiger partial charge in [0.05, 0.1) is 6.04 Å². The van der Waals surface area contributed by atoms with Crippen LogP contribution in [0.15, 0.2) is 45.3 Å². The van der Waals surface area contributed by atoms with Crippen molar-refractivity contribution in [2.24, 2.45) is 5.84 Å². The molecule has 0 aliphatic heterocycles. The minimum Gasteiger partial charge on any atom is -0.271 e. The molecule has 2 aromatic rings. The summed E-state index contributed by atoms with van der Waals surface area (Å²) < 4.78 is 15.3. The van der Waals surface area contributed by atoms with Gasteiger partial charge in [-0.1, -0.05) is 44.0 Å². The molecule has 0 aliphatic rings. The summed E-state index contributed by atoms with van der Waals surface area (Å²) in [6.45, 7) is 1.74. The molecule has 0 bridgehead atoms. The maximum atomic E-state index is 13.3. The molecule has 0 aromatic heterocycles. The molecular weight excluding hydrogens is 375 g/mol. The Morgan fingerprint density at radius 1 is 1.16 bits per heavy atom. The van der Waals surface area contributed by atoms with Crippen molar-refractivity contribution in [3.05, 3.63) is 67.9 Å². The highest BCUT2D eigenvalue weighted by molar-refractivity contribution is 9.11. The Balaban J connectivity index is 2.49. The average Bonchev–Trinajstić information content (AvgIpc) is 2.38. The van der Waals surface area contributed by atoms with E-state index in [-0.39, 0.29) is 11.9 Å². The first kappa shape index (κ1) is 14.7. The molecule has 2 aromatic carbocycles. The van der Waals surface area contributed by atoms with Crippen LogP contribution in [0.25, 0.3) is 0 Å². The number of hydrogen-bond donors (Lipinski definition) is 2. The van der Waals surface area contributed by atoms with Gasteiger partial charge in [-0.3, -0.25) is 5.84 Å². The van der Waals surface area contributed by atoms with Gasteiger partial charge in [-0.15, -0.1) is 0 Å². The minimum atomic E-state index is -0.215. The molecule has 5 heteroatoms. The summed E-state index contributed by atoms with van der Waals surface area (Å²) >= 11 is 6.95. The smallest absolute Gasteiger partial charge is 0.126 e. The maximum Gasteiger partial charge on any atom is 0.126 e. The van der Waals surface area contributed by atoms with Gasteiger partial charge in [-0.05, 0) is 47.9 Å². The van der Waals surface area contributed by atoms with Gasteiger partial charge in [0.2, 0.25) is 0 Å². The average molecular weight is 388 g/mol. The molecule has 3 N–H and O–H groups in total. The largest absolute Gasteiger partial charge is 0.271 e. The quantitative estimate of drug-likeness (QED) is 0.611. The third kappa shape index (κ3) is 3.23. The first-order chi connectivity index (χ1) is 9.02. The number of nitrogens with two attached hydrogens (primary N) is 1. The molecule has 1 atom stereocenters. The predicted octanol–water partition coefficient (Wildman–Crippen LogP) is 4.21. The van der Waals surface area contributed by atoms with Crippen LogP contribution in [0.3, 0.4) is 0 Å². The van der Waals surface area contributed by atoms with Gasteiger partial charge in [0.25, 0.3) is 0 Å². The van der Waals surface area contributed by atoms with Gasteiger partial charge in [-0.25, -0.2) is 9.82 Å². The summed E-state index contributed by atoms with van der Waals surface area (Å²) in [5.74, 6) is 5.45. The molecule has 1 unspecified atom stereocenters. The molecule has 0 heterocycles. The molecule has 0 aliphatic carbocycles. The monoisotopic (exact) mass is 386 g/mol. The van der Waals surface area contributed by atoms with E-state index in [9.17, 15) is 4.39 Å². The number of halogens is 3. The van der Waals surface area contributed by atoms with E-state index in [0.29, 0.717) is 5.56 Å². The lowest BCUT2D eigenvalue weighted by molar-refractivity contribution is 0.607. The molecular formula is C14H13Br2FN2. The van der Waals surface area contributed by atoms with Gasteiger partial charge >= 0.3 is 0 Å². The van der Waals surface area contributed by atoms with Crippen molar-refractivity contribution in [1.82, 2.24) is 5.43 Å². The number of nitrogens with one attached hydrogen (secondary N) is 1. The second-order valence-corrected chi connectivity index (χ2v) is 6.04. The van der Waals surface area contributed by atoms with Crippen molar-refractivity contribution in [3.8, 4) is 0 Å². The standard InChI is InChI=1S/C14H13Br2FN2/c1-8-6-9(2-5-13(8)17)14(19-18)11-7-10(15)3-4-12(11)16/h2-7,14,19H,18H2,1H3. The zero-order valence-corrected chi connectivity index (χ0v) is 13.4. The van der Waals surface area contributed by atoms with E-state index in [2.05, 4.69) is 37.3 Å². The van der Waals surface area contributed by atoms with E-state index in [1.807, 2.05) is 18.2 Å². The van der Waals surface area contributed by atoms with E-state index in [1.165, 1.54) is 6.07 Å². The Labute approximate surface area is 128 Å². The van der Waals surface area contributed by atoms with Crippen molar-refractivity contribution in [3.63, 3.8) is 0 Å². The van der Waals surface area contributed by atoms with Crippen LogP contribution in [0.4, 0.5) is 4.39 Å². The van der Waals surface area contributed by atoms with Crippen LogP contribution in [0, 0.1) is 12.7 Å². The molecule has 0 fully saturated rings. The molecule has 100 valence electrons. The van der Waals surface area contributed by atoms with Crippen LogP contribution in [0.5, 0.6) is 0 Å². The van der Waals surface area contributed by atoms with Crippen molar-refractivity contribution >= 4 is 31.9 Å². The third-order valence-electron chi connectivity index (χ3n) is 2.95. The molecule has 0 spiro atoms. The van der Waals surface area contributed by atoms with Crippen LogP contribution in [0.2, 0.25) is 0 Å². The second kappa shape index (κ2) is 6.13. The molecule has 2 nitrogen and oxygen atoms in total. The van der Waals surface area contributed by atoms with Crippen molar-refractivity contribution in [2.45, 2.75) is 13.0 Å². The lowest BCUT2D eigenvalue weighted by Gasteiger charge is -2.19. The number of aryl methyl sites for hydroxylation is 1. The van der Waals surface area contributed by atoms with Crippen LogP contribution >= 0.6 is 31.9 Å². The molecule has 0 saturated carbocycles. The fraction of sp³-hybridized carbons (Fsp3) is 0.143. The maximum absolute atomic E-state index is 13.3. The minimum absolute atomic E-state index is 0.203. The fourth-order valence-corrected chi connectivity index (χ4v) is 2.80. The highest BCUT2D eigenvalue weighted by Gasteiger charge is 2.16. The fourth-order valence-electron chi connectivity index (χ4n) is 1.95. The van der Waals surface area contributed by atoms with Crippen LogP contribution in [-0.2, 0) is 0 Å². The van der Waals surface area contributed by atoms with E-state index in [4.69, 9.17) is 5.84 Å². The van der Waals surface area contributed by atoms with Gasteiger partial charge < -0.3 is 0 Å². The Morgan fingerprint density at radius 3 is 2.53 bits per heavy atom. The van der Waals surface area contributed by atoms with E-state index < -0.39 is 0 Å². The first-order valence-corrected chi connectivity index (χ1v) is 7.28. The van der Waals surface area contributed by atoms with Crippen molar-refractivity contribution in [1.29, 1.82) is 0 Å². The topological polar surface area (TPSA) is 38.0 Å². The number of hydrogen-bond acceptors (Lipinski definition) is 2. The summed E-state index contributed by atoms with van der Waals surface area (Å²) in [4.78, 5) is 0. The van der Waals surface area contributed by atoms with Crippen LogP contribution in [-0.4, -0.2) is 0 Å². The Morgan fingerprint density at radius 2 is 1.89 bits per heavy atom. The summed E-state index contributed by atoms with van der Waals surface area (Å²) in [7, 11) is 0. The second-order valence-electron chi connectivity index (χ2n) is 4.27.